The van der Waals surface area contributed by atoms with Gasteiger partial charge >= 0.3 is 0 Å². The van der Waals surface area contributed by atoms with Gasteiger partial charge in [-0.2, -0.15) is 5.10 Å². The number of hydrogen-bond acceptors (Lipinski definition) is 5. The van der Waals surface area contributed by atoms with Crippen molar-refractivity contribution in [2.24, 2.45) is 4.99 Å². The lowest BCUT2D eigenvalue weighted by Gasteiger charge is -2.12. The fourth-order valence-corrected chi connectivity index (χ4v) is 2.95. The van der Waals surface area contributed by atoms with Crippen molar-refractivity contribution in [3.05, 3.63) is 72.4 Å². The van der Waals surface area contributed by atoms with E-state index in [1.165, 1.54) is 0 Å². The van der Waals surface area contributed by atoms with E-state index < -0.39 is 0 Å². The molecule has 3 N–H and O–H groups in total. The van der Waals surface area contributed by atoms with Gasteiger partial charge in [0.25, 0.3) is 0 Å². The fraction of sp³-hybridized carbons (Fsp3) is 0.348. The lowest BCUT2D eigenvalue weighted by molar-refractivity contribution is -0.116. The van der Waals surface area contributed by atoms with Crippen LogP contribution in [0.1, 0.15) is 24.7 Å². The number of carbonyl (C=O) groups excluding carboxylic acids is 1. The average molecular weight is 566 g/mol. The number of nitrogens with one attached hydrogen (secondary N) is 3. The Kier molecular flexibility index (Phi) is 12.0. The van der Waals surface area contributed by atoms with E-state index in [1.807, 2.05) is 43.3 Å². The molecular formula is C23H31IN6O3. The summed E-state index contributed by atoms with van der Waals surface area (Å²) in [6.07, 6.45) is 5.90. The second kappa shape index (κ2) is 15.1. The smallest absolute Gasteiger partial charge is 0.246 e. The Hall–Kier alpha value is -2.86. The van der Waals surface area contributed by atoms with Crippen LogP contribution in [0.3, 0.4) is 0 Å². The van der Waals surface area contributed by atoms with Gasteiger partial charge in [-0.05, 0) is 49.2 Å². The zero-order valence-electron chi connectivity index (χ0n) is 18.7. The van der Waals surface area contributed by atoms with Crippen molar-refractivity contribution in [1.82, 2.24) is 20.4 Å². The molecule has 10 heteroatoms. The molecule has 33 heavy (non-hydrogen) atoms. The van der Waals surface area contributed by atoms with E-state index in [9.17, 15) is 4.79 Å². The Balaban J connectivity index is 0.00000385. The molecule has 0 aliphatic heterocycles. The number of furan rings is 1. The van der Waals surface area contributed by atoms with Gasteiger partial charge in [-0.3, -0.25) is 9.48 Å². The molecule has 1 amide bonds. The largest absolute Gasteiger partial charge is 0.467 e. The molecule has 0 aliphatic carbocycles. The monoisotopic (exact) mass is 566 g/mol. The van der Waals surface area contributed by atoms with Crippen molar-refractivity contribution in [2.75, 3.05) is 25.0 Å². The van der Waals surface area contributed by atoms with Crippen molar-refractivity contribution >= 4 is 41.5 Å². The summed E-state index contributed by atoms with van der Waals surface area (Å²) in [5.41, 5.74) is 1.74. The van der Waals surface area contributed by atoms with E-state index >= 15 is 0 Å². The number of hydrogen-bond donors (Lipinski definition) is 3. The van der Waals surface area contributed by atoms with Crippen LogP contribution in [0.2, 0.25) is 0 Å². The Morgan fingerprint density at radius 1 is 1.21 bits per heavy atom. The van der Waals surface area contributed by atoms with Gasteiger partial charge in [0.1, 0.15) is 18.9 Å². The molecule has 3 rings (SSSR count). The van der Waals surface area contributed by atoms with Crippen LogP contribution in [0.15, 0.2) is 70.5 Å². The molecule has 9 nitrogen and oxygen atoms in total. The van der Waals surface area contributed by atoms with Crippen LogP contribution in [0.4, 0.5) is 5.69 Å². The number of aromatic nitrogens is 2. The molecule has 2 aromatic heterocycles. The molecule has 0 unspecified atom stereocenters. The summed E-state index contributed by atoms with van der Waals surface area (Å²) < 4.78 is 12.4. The molecule has 0 fully saturated rings. The molecule has 1 aromatic carbocycles. The van der Waals surface area contributed by atoms with Gasteiger partial charge in [0.15, 0.2) is 5.96 Å². The van der Waals surface area contributed by atoms with E-state index in [4.69, 9.17) is 9.15 Å². The number of guanidine groups is 1. The minimum atomic E-state index is -0.126. The normalized spacial score (nSPS) is 11.0. The highest BCUT2D eigenvalue weighted by atomic mass is 127. The highest BCUT2D eigenvalue weighted by molar-refractivity contribution is 14.0. The highest BCUT2D eigenvalue weighted by Gasteiger charge is 2.05. The molecule has 2 heterocycles. The number of anilines is 1. The number of amides is 1. The van der Waals surface area contributed by atoms with Crippen molar-refractivity contribution < 1.29 is 13.9 Å². The van der Waals surface area contributed by atoms with Gasteiger partial charge in [-0.1, -0.05) is 12.1 Å². The lowest BCUT2D eigenvalue weighted by atomic mass is 10.2. The third-order valence-corrected chi connectivity index (χ3v) is 4.42. The topological polar surface area (TPSA) is 106 Å². The van der Waals surface area contributed by atoms with Crippen LogP contribution in [0, 0.1) is 0 Å². The molecule has 3 aromatic rings. The maximum absolute atomic E-state index is 12.2. The summed E-state index contributed by atoms with van der Waals surface area (Å²) in [5.74, 6) is 1.44. The first kappa shape index (κ1) is 26.4. The number of ether oxygens (including phenoxy) is 1. The van der Waals surface area contributed by atoms with E-state index in [-0.39, 0.29) is 36.4 Å². The summed E-state index contributed by atoms with van der Waals surface area (Å²) in [5, 5.41) is 13.5. The first-order valence-corrected chi connectivity index (χ1v) is 10.7. The van der Waals surface area contributed by atoms with Crippen molar-refractivity contribution in [1.29, 1.82) is 0 Å². The van der Waals surface area contributed by atoms with Crippen LogP contribution < -0.4 is 16.0 Å². The van der Waals surface area contributed by atoms with Crippen LogP contribution in [-0.2, 0) is 29.2 Å². The standard InChI is InChI=1S/C23H30N6O3.HI/c1-2-24-23(25-10-6-13-31-18-21-9-4-14-32-21)26-16-19-7-3-8-20(15-19)28-22(30)17-29-12-5-11-27-29;/h3-5,7-9,11-12,14-15H,2,6,10,13,16-18H2,1H3,(H,28,30)(H2,24,25,26);1H. The molecule has 0 aliphatic rings. The van der Waals surface area contributed by atoms with E-state index in [0.717, 1.165) is 42.5 Å². The molecule has 0 atom stereocenters. The fourth-order valence-electron chi connectivity index (χ4n) is 2.95. The summed E-state index contributed by atoms with van der Waals surface area (Å²) in [6.45, 7) is 5.32. The minimum Gasteiger partial charge on any atom is -0.467 e. The Morgan fingerprint density at radius 3 is 2.88 bits per heavy atom. The Morgan fingerprint density at radius 2 is 2.12 bits per heavy atom. The van der Waals surface area contributed by atoms with Crippen LogP contribution in [-0.4, -0.2) is 41.3 Å². The Bertz CT molecular complexity index is 961. The SMILES string of the molecule is CCNC(=NCc1cccc(NC(=O)Cn2cccn2)c1)NCCCOCc1ccco1.I. The van der Waals surface area contributed by atoms with Gasteiger partial charge in [0.05, 0.1) is 12.8 Å². The molecular weight excluding hydrogens is 535 g/mol. The third-order valence-electron chi connectivity index (χ3n) is 4.42. The van der Waals surface area contributed by atoms with Gasteiger partial charge in [-0.25, -0.2) is 4.99 Å². The van der Waals surface area contributed by atoms with E-state index in [0.29, 0.717) is 19.8 Å². The lowest BCUT2D eigenvalue weighted by Crippen LogP contribution is -2.38. The van der Waals surface area contributed by atoms with Gasteiger partial charge in [0.2, 0.25) is 5.91 Å². The quantitative estimate of drug-likeness (QED) is 0.134. The number of rotatable bonds is 12. The van der Waals surface area contributed by atoms with Gasteiger partial charge < -0.3 is 25.1 Å². The molecule has 178 valence electrons. The van der Waals surface area contributed by atoms with Crippen molar-refractivity contribution in [3.8, 4) is 0 Å². The average Bonchev–Trinajstić information content (AvgIpc) is 3.49. The van der Waals surface area contributed by atoms with E-state index in [2.05, 4.69) is 26.0 Å². The van der Waals surface area contributed by atoms with Crippen LogP contribution in [0.5, 0.6) is 0 Å². The number of aliphatic imine (C=N–C) groups is 1. The van der Waals surface area contributed by atoms with E-state index in [1.54, 1.807) is 29.4 Å². The second-order valence-electron chi connectivity index (χ2n) is 7.06. The number of nitrogens with zero attached hydrogens (tertiary/aromatic N) is 3. The highest BCUT2D eigenvalue weighted by Crippen LogP contribution is 2.12. The van der Waals surface area contributed by atoms with Crippen LogP contribution >= 0.6 is 24.0 Å². The minimum absolute atomic E-state index is 0. The summed E-state index contributed by atoms with van der Waals surface area (Å²) in [7, 11) is 0. The summed E-state index contributed by atoms with van der Waals surface area (Å²) in [4.78, 5) is 16.8. The first-order chi connectivity index (χ1) is 15.7. The molecule has 0 saturated carbocycles. The number of carbonyl (C=O) groups is 1. The van der Waals surface area contributed by atoms with Crippen molar-refractivity contribution in [3.63, 3.8) is 0 Å². The molecule has 0 radical (unpaired) electrons. The predicted molar refractivity (Wildman–Crippen MR) is 139 cm³/mol. The second-order valence-corrected chi connectivity index (χ2v) is 7.06. The zero-order chi connectivity index (χ0) is 22.4. The third kappa shape index (κ3) is 10.1. The zero-order valence-corrected chi connectivity index (χ0v) is 21.0. The van der Waals surface area contributed by atoms with Gasteiger partial charge in [-0.15, -0.1) is 24.0 Å². The molecule has 0 bridgehead atoms. The summed E-state index contributed by atoms with van der Waals surface area (Å²) in [6, 6.07) is 13.2. The van der Waals surface area contributed by atoms with Crippen molar-refractivity contribution in [2.45, 2.75) is 33.0 Å². The number of benzene rings is 1. The molecule has 0 spiro atoms. The Labute approximate surface area is 211 Å². The molecule has 0 saturated heterocycles. The number of halogens is 1. The first-order valence-electron chi connectivity index (χ1n) is 10.7. The maximum Gasteiger partial charge on any atom is 0.246 e. The summed E-state index contributed by atoms with van der Waals surface area (Å²) >= 11 is 0. The predicted octanol–water partition coefficient (Wildman–Crippen LogP) is 3.39. The van der Waals surface area contributed by atoms with Crippen LogP contribution in [0.25, 0.3) is 0 Å². The maximum atomic E-state index is 12.2. The van der Waals surface area contributed by atoms with Gasteiger partial charge in [0, 0.05) is 37.8 Å².